The Morgan fingerprint density at radius 1 is 1.53 bits per heavy atom. The van der Waals surface area contributed by atoms with Gasteiger partial charge in [0.25, 0.3) is 0 Å². The largest absolute Gasteiger partial charge is 0.393 e. The van der Waals surface area contributed by atoms with E-state index in [1.807, 2.05) is 32.0 Å². The van der Waals surface area contributed by atoms with Gasteiger partial charge in [-0.3, -0.25) is 4.79 Å². The maximum Gasteiger partial charge on any atom is 0.244 e. The van der Waals surface area contributed by atoms with Crippen molar-refractivity contribution in [3.8, 4) is 0 Å². The SMILES string of the molecule is CCC(O)CCNC(=O)/C=C/c1ccc(C)cc1Br. The third kappa shape index (κ3) is 6.03. The van der Waals surface area contributed by atoms with E-state index in [0.717, 1.165) is 10.0 Å². The Morgan fingerprint density at radius 2 is 2.26 bits per heavy atom. The summed E-state index contributed by atoms with van der Waals surface area (Å²) in [6, 6.07) is 5.97. The number of aliphatic hydroxyl groups is 1. The molecule has 1 amide bonds. The summed E-state index contributed by atoms with van der Waals surface area (Å²) >= 11 is 3.46. The molecule has 1 atom stereocenters. The van der Waals surface area contributed by atoms with Crippen LogP contribution in [0.5, 0.6) is 0 Å². The fourth-order valence-corrected chi connectivity index (χ4v) is 2.18. The highest BCUT2D eigenvalue weighted by Crippen LogP contribution is 2.19. The quantitative estimate of drug-likeness (QED) is 0.790. The molecule has 0 radical (unpaired) electrons. The molecular formula is C15H20BrNO2. The van der Waals surface area contributed by atoms with Gasteiger partial charge in [0.1, 0.15) is 0 Å². The second-order valence-electron chi connectivity index (χ2n) is 4.50. The monoisotopic (exact) mass is 325 g/mol. The van der Waals surface area contributed by atoms with E-state index in [9.17, 15) is 9.90 Å². The first kappa shape index (κ1) is 15.9. The maximum atomic E-state index is 11.6. The average Bonchev–Trinajstić information content (AvgIpc) is 2.37. The van der Waals surface area contributed by atoms with E-state index in [2.05, 4.69) is 21.2 Å². The van der Waals surface area contributed by atoms with Crippen LogP contribution in [0.1, 0.15) is 30.9 Å². The van der Waals surface area contributed by atoms with E-state index in [1.54, 1.807) is 6.08 Å². The minimum absolute atomic E-state index is 0.143. The van der Waals surface area contributed by atoms with Crippen molar-refractivity contribution in [3.63, 3.8) is 0 Å². The van der Waals surface area contributed by atoms with E-state index >= 15 is 0 Å². The maximum absolute atomic E-state index is 11.6. The van der Waals surface area contributed by atoms with Gasteiger partial charge in [-0.05, 0) is 43.0 Å². The zero-order valence-corrected chi connectivity index (χ0v) is 12.9. The highest BCUT2D eigenvalue weighted by atomic mass is 79.9. The van der Waals surface area contributed by atoms with Crippen molar-refractivity contribution in [2.24, 2.45) is 0 Å². The average molecular weight is 326 g/mol. The van der Waals surface area contributed by atoms with Crippen molar-refractivity contribution in [1.29, 1.82) is 0 Å². The van der Waals surface area contributed by atoms with Gasteiger partial charge in [-0.2, -0.15) is 0 Å². The molecule has 1 unspecified atom stereocenters. The lowest BCUT2D eigenvalue weighted by molar-refractivity contribution is -0.116. The van der Waals surface area contributed by atoms with Crippen molar-refractivity contribution in [2.45, 2.75) is 32.8 Å². The Morgan fingerprint density at radius 3 is 2.89 bits per heavy atom. The fraction of sp³-hybridized carbons (Fsp3) is 0.400. The topological polar surface area (TPSA) is 49.3 Å². The van der Waals surface area contributed by atoms with Crippen molar-refractivity contribution in [1.82, 2.24) is 5.32 Å². The van der Waals surface area contributed by atoms with Crippen LogP contribution >= 0.6 is 15.9 Å². The van der Waals surface area contributed by atoms with Crippen LogP contribution in [0.2, 0.25) is 0 Å². The highest BCUT2D eigenvalue weighted by Gasteiger charge is 2.02. The van der Waals surface area contributed by atoms with Gasteiger partial charge >= 0.3 is 0 Å². The number of hydrogen-bond acceptors (Lipinski definition) is 2. The van der Waals surface area contributed by atoms with Gasteiger partial charge in [0, 0.05) is 17.1 Å². The second-order valence-corrected chi connectivity index (χ2v) is 5.35. The number of amides is 1. The normalized spacial score (nSPS) is 12.6. The van der Waals surface area contributed by atoms with Gasteiger partial charge in [-0.15, -0.1) is 0 Å². The molecule has 0 saturated carbocycles. The number of rotatable bonds is 6. The van der Waals surface area contributed by atoms with Gasteiger partial charge in [-0.25, -0.2) is 0 Å². The number of aryl methyl sites for hydroxylation is 1. The third-order valence-electron chi connectivity index (χ3n) is 2.82. The molecule has 0 aliphatic carbocycles. The number of carbonyl (C=O) groups excluding carboxylic acids is 1. The molecule has 1 aromatic rings. The molecular weight excluding hydrogens is 306 g/mol. The second kappa shape index (κ2) is 8.12. The van der Waals surface area contributed by atoms with Crippen LogP contribution in [0, 0.1) is 6.92 Å². The minimum Gasteiger partial charge on any atom is -0.393 e. The predicted octanol–water partition coefficient (Wildman–Crippen LogP) is 3.05. The summed E-state index contributed by atoms with van der Waals surface area (Å²) in [5, 5.41) is 12.1. The molecule has 0 fully saturated rings. The van der Waals surface area contributed by atoms with E-state index in [0.29, 0.717) is 19.4 Å². The van der Waals surface area contributed by atoms with Gasteiger partial charge < -0.3 is 10.4 Å². The van der Waals surface area contributed by atoms with Crippen LogP contribution in [0.25, 0.3) is 6.08 Å². The predicted molar refractivity (Wildman–Crippen MR) is 81.8 cm³/mol. The van der Waals surface area contributed by atoms with Crippen LogP contribution < -0.4 is 5.32 Å². The smallest absolute Gasteiger partial charge is 0.244 e. The molecule has 0 aliphatic rings. The van der Waals surface area contributed by atoms with Gasteiger partial charge in [0.05, 0.1) is 6.10 Å². The molecule has 0 aliphatic heterocycles. The molecule has 19 heavy (non-hydrogen) atoms. The van der Waals surface area contributed by atoms with Crippen LogP contribution in [-0.2, 0) is 4.79 Å². The number of carbonyl (C=O) groups is 1. The number of benzene rings is 1. The minimum atomic E-state index is -0.337. The summed E-state index contributed by atoms with van der Waals surface area (Å²) in [5.74, 6) is -0.143. The zero-order chi connectivity index (χ0) is 14.3. The van der Waals surface area contributed by atoms with Gasteiger partial charge in [0.2, 0.25) is 5.91 Å². The number of halogens is 1. The van der Waals surface area contributed by atoms with E-state index in [1.165, 1.54) is 11.6 Å². The summed E-state index contributed by atoms with van der Waals surface area (Å²) in [6.45, 7) is 4.43. The molecule has 0 bridgehead atoms. The lowest BCUT2D eigenvalue weighted by Gasteiger charge is -2.07. The first-order valence-corrected chi connectivity index (χ1v) is 7.22. The Kier molecular flexibility index (Phi) is 6.81. The Balaban J connectivity index is 2.45. The van der Waals surface area contributed by atoms with Crippen LogP contribution in [-0.4, -0.2) is 23.7 Å². The third-order valence-corrected chi connectivity index (χ3v) is 3.51. The summed E-state index contributed by atoms with van der Waals surface area (Å²) in [7, 11) is 0. The fourth-order valence-electron chi connectivity index (χ4n) is 1.56. The molecule has 0 heterocycles. The lowest BCUT2D eigenvalue weighted by atomic mass is 10.1. The zero-order valence-electron chi connectivity index (χ0n) is 11.3. The summed E-state index contributed by atoms with van der Waals surface area (Å²) < 4.78 is 0.970. The highest BCUT2D eigenvalue weighted by molar-refractivity contribution is 9.10. The van der Waals surface area contributed by atoms with Crippen molar-refractivity contribution in [3.05, 3.63) is 39.9 Å². The molecule has 1 aromatic carbocycles. The van der Waals surface area contributed by atoms with Crippen molar-refractivity contribution >= 4 is 27.9 Å². The summed E-state index contributed by atoms with van der Waals surface area (Å²) in [5.41, 5.74) is 2.14. The molecule has 4 heteroatoms. The number of aliphatic hydroxyl groups excluding tert-OH is 1. The molecule has 104 valence electrons. The molecule has 2 N–H and O–H groups in total. The summed E-state index contributed by atoms with van der Waals surface area (Å²) in [4.78, 5) is 11.6. The first-order chi connectivity index (χ1) is 9.02. The Bertz CT molecular complexity index is 457. The van der Waals surface area contributed by atoms with Gasteiger partial charge in [0.15, 0.2) is 0 Å². The van der Waals surface area contributed by atoms with Crippen LogP contribution in [0.15, 0.2) is 28.7 Å². The molecule has 0 aromatic heterocycles. The molecule has 1 rings (SSSR count). The standard InChI is InChI=1S/C15H20BrNO2/c1-3-13(18)8-9-17-15(19)7-6-12-5-4-11(2)10-14(12)16/h4-7,10,13,18H,3,8-9H2,1-2H3,(H,17,19)/b7-6+. The molecule has 0 saturated heterocycles. The van der Waals surface area contributed by atoms with E-state index < -0.39 is 0 Å². The van der Waals surface area contributed by atoms with Crippen LogP contribution in [0.3, 0.4) is 0 Å². The van der Waals surface area contributed by atoms with Crippen molar-refractivity contribution in [2.75, 3.05) is 6.54 Å². The van der Waals surface area contributed by atoms with E-state index in [-0.39, 0.29) is 12.0 Å². The van der Waals surface area contributed by atoms with Crippen molar-refractivity contribution < 1.29 is 9.90 Å². The lowest BCUT2D eigenvalue weighted by Crippen LogP contribution is -2.25. The first-order valence-electron chi connectivity index (χ1n) is 6.43. The summed E-state index contributed by atoms with van der Waals surface area (Å²) in [6.07, 6.45) is 4.24. The Labute approximate surface area is 122 Å². The molecule has 3 nitrogen and oxygen atoms in total. The molecule has 0 spiro atoms. The number of nitrogens with one attached hydrogen (secondary N) is 1. The van der Waals surface area contributed by atoms with E-state index in [4.69, 9.17) is 0 Å². The number of hydrogen-bond donors (Lipinski definition) is 2. The Hall–Kier alpha value is -1.13. The van der Waals surface area contributed by atoms with Gasteiger partial charge in [-0.1, -0.05) is 35.0 Å². The van der Waals surface area contributed by atoms with Crippen LogP contribution in [0.4, 0.5) is 0 Å².